The van der Waals surface area contributed by atoms with Gasteiger partial charge in [0.15, 0.2) is 0 Å². The molecule has 0 bridgehead atoms. The summed E-state index contributed by atoms with van der Waals surface area (Å²) in [7, 11) is 1.36. The predicted octanol–water partition coefficient (Wildman–Crippen LogP) is 1.68. The van der Waals surface area contributed by atoms with Gasteiger partial charge < -0.3 is 10.5 Å². The van der Waals surface area contributed by atoms with Crippen molar-refractivity contribution in [2.24, 2.45) is 5.73 Å². The maximum atomic E-state index is 11.2. The van der Waals surface area contributed by atoms with Gasteiger partial charge in [-0.2, -0.15) is 0 Å². The molecule has 2 N–H and O–H groups in total. The molecule has 0 aliphatic carbocycles. The fourth-order valence-electron chi connectivity index (χ4n) is 1.50. The highest BCUT2D eigenvalue weighted by Gasteiger charge is 2.06. The summed E-state index contributed by atoms with van der Waals surface area (Å²) in [5.41, 5.74) is 7.62. The van der Waals surface area contributed by atoms with Crippen LogP contribution in [0, 0.1) is 0 Å². The van der Waals surface area contributed by atoms with Gasteiger partial charge in [-0.15, -0.1) is 0 Å². The molecular weight excluding hydrogens is 202 g/mol. The fraction of sp³-hybridized carbons (Fsp3) is 0.308. The Kier molecular flexibility index (Phi) is 4.73. The summed E-state index contributed by atoms with van der Waals surface area (Å²) in [6.07, 6.45) is 2.45. The minimum Gasteiger partial charge on any atom is -0.466 e. The molecule has 86 valence electrons. The topological polar surface area (TPSA) is 52.3 Å². The second kappa shape index (κ2) is 6.08. The molecular formula is C13H17NO2. The summed E-state index contributed by atoms with van der Waals surface area (Å²) in [5.74, 6) is -0.330. The highest BCUT2D eigenvalue weighted by Crippen LogP contribution is 2.05. The van der Waals surface area contributed by atoms with E-state index in [0.29, 0.717) is 5.57 Å². The first-order valence-corrected chi connectivity index (χ1v) is 5.19. The Hall–Kier alpha value is -1.61. The van der Waals surface area contributed by atoms with E-state index in [1.807, 2.05) is 30.3 Å². The van der Waals surface area contributed by atoms with Crippen LogP contribution in [0.2, 0.25) is 0 Å². The zero-order chi connectivity index (χ0) is 12.0. The molecule has 1 unspecified atom stereocenters. The number of carbonyl (C=O) groups is 1. The normalized spacial score (nSPS) is 13.3. The van der Waals surface area contributed by atoms with E-state index in [1.54, 1.807) is 13.0 Å². The Morgan fingerprint density at radius 2 is 2.06 bits per heavy atom. The molecule has 1 aromatic carbocycles. The van der Waals surface area contributed by atoms with Gasteiger partial charge in [0.1, 0.15) is 0 Å². The Labute approximate surface area is 95.9 Å². The molecule has 0 amide bonds. The summed E-state index contributed by atoms with van der Waals surface area (Å²) in [6, 6.07) is 9.77. The van der Waals surface area contributed by atoms with Crippen LogP contribution in [0.5, 0.6) is 0 Å². The molecule has 0 aliphatic rings. The van der Waals surface area contributed by atoms with Gasteiger partial charge >= 0.3 is 5.97 Å². The SMILES string of the molecule is COC(=O)C(C)=CC(N)Cc1ccccc1. The number of ether oxygens (including phenoxy) is 1. The number of benzene rings is 1. The molecule has 1 rings (SSSR count). The van der Waals surface area contributed by atoms with Crippen LogP contribution < -0.4 is 5.73 Å². The lowest BCUT2D eigenvalue weighted by Crippen LogP contribution is -2.21. The summed E-state index contributed by atoms with van der Waals surface area (Å²) < 4.78 is 4.60. The molecule has 16 heavy (non-hydrogen) atoms. The van der Waals surface area contributed by atoms with E-state index in [4.69, 9.17) is 5.73 Å². The van der Waals surface area contributed by atoms with Crippen molar-refractivity contribution in [1.82, 2.24) is 0 Å². The molecule has 1 atom stereocenters. The highest BCUT2D eigenvalue weighted by molar-refractivity contribution is 5.87. The molecule has 1 aromatic rings. The lowest BCUT2D eigenvalue weighted by atomic mass is 10.0. The minimum absolute atomic E-state index is 0.165. The third-order valence-electron chi connectivity index (χ3n) is 2.29. The van der Waals surface area contributed by atoms with E-state index in [-0.39, 0.29) is 12.0 Å². The van der Waals surface area contributed by atoms with Gasteiger partial charge in [0.25, 0.3) is 0 Å². The first-order chi connectivity index (χ1) is 7.63. The van der Waals surface area contributed by atoms with Crippen molar-refractivity contribution in [3.05, 3.63) is 47.5 Å². The average molecular weight is 219 g/mol. The van der Waals surface area contributed by atoms with Crippen molar-refractivity contribution < 1.29 is 9.53 Å². The molecule has 3 nitrogen and oxygen atoms in total. The van der Waals surface area contributed by atoms with Gasteiger partial charge in [0, 0.05) is 11.6 Å². The van der Waals surface area contributed by atoms with Crippen LogP contribution >= 0.6 is 0 Å². The van der Waals surface area contributed by atoms with E-state index < -0.39 is 0 Å². The molecule has 0 spiro atoms. The third-order valence-corrected chi connectivity index (χ3v) is 2.29. The molecule has 0 saturated heterocycles. The lowest BCUT2D eigenvalue weighted by molar-refractivity contribution is -0.136. The molecule has 0 radical (unpaired) electrons. The number of esters is 1. The van der Waals surface area contributed by atoms with Crippen LogP contribution in [-0.2, 0) is 16.0 Å². The summed E-state index contributed by atoms with van der Waals surface area (Å²) >= 11 is 0. The van der Waals surface area contributed by atoms with E-state index in [1.165, 1.54) is 7.11 Å². The zero-order valence-corrected chi connectivity index (χ0v) is 9.64. The molecule has 0 heterocycles. The monoisotopic (exact) mass is 219 g/mol. The summed E-state index contributed by atoms with van der Waals surface area (Å²) in [6.45, 7) is 1.71. The Morgan fingerprint density at radius 3 is 2.62 bits per heavy atom. The smallest absolute Gasteiger partial charge is 0.333 e. The van der Waals surface area contributed by atoms with Gasteiger partial charge in [-0.05, 0) is 18.9 Å². The summed E-state index contributed by atoms with van der Waals surface area (Å²) in [4.78, 5) is 11.2. The van der Waals surface area contributed by atoms with Crippen molar-refractivity contribution in [3.8, 4) is 0 Å². The second-order valence-electron chi connectivity index (χ2n) is 3.69. The van der Waals surface area contributed by atoms with E-state index in [9.17, 15) is 4.79 Å². The van der Waals surface area contributed by atoms with Crippen LogP contribution in [0.25, 0.3) is 0 Å². The first-order valence-electron chi connectivity index (χ1n) is 5.19. The molecule has 0 fully saturated rings. The zero-order valence-electron chi connectivity index (χ0n) is 9.64. The molecule has 0 saturated carbocycles. The maximum absolute atomic E-state index is 11.2. The molecule has 0 aromatic heterocycles. The Bertz CT molecular complexity index is 371. The van der Waals surface area contributed by atoms with Crippen molar-refractivity contribution >= 4 is 5.97 Å². The van der Waals surface area contributed by atoms with Crippen LogP contribution in [0.4, 0.5) is 0 Å². The third kappa shape index (κ3) is 3.87. The number of nitrogens with two attached hydrogens (primary N) is 1. The second-order valence-corrected chi connectivity index (χ2v) is 3.69. The quantitative estimate of drug-likeness (QED) is 0.619. The van der Waals surface area contributed by atoms with Gasteiger partial charge in [0.2, 0.25) is 0 Å². The van der Waals surface area contributed by atoms with Crippen molar-refractivity contribution in [2.45, 2.75) is 19.4 Å². The van der Waals surface area contributed by atoms with Crippen LogP contribution in [-0.4, -0.2) is 19.1 Å². The van der Waals surface area contributed by atoms with Crippen molar-refractivity contribution in [3.63, 3.8) is 0 Å². The molecule has 3 heteroatoms. The van der Waals surface area contributed by atoms with Crippen molar-refractivity contribution in [2.75, 3.05) is 7.11 Å². The van der Waals surface area contributed by atoms with Gasteiger partial charge in [-0.25, -0.2) is 4.79 Å². The van der Waals surface area contributed by atoms with Crippen LogP contribution in [0.15, 0.2) is 42.0 Å². The molecule has 0 aliphatic heterocycles. The van der Waals surface area contributed by atoms with Crippen LogP contribution in [0.1, 0.15) is 12.5 Å². The minimum atomic E-state index is -0.330. The Balaban J connectivity index is 2.60. The number of hydrogen-bond donors (Lipinski definition) is 1. The van der Waals surface area contributed by atoms with Gasteiger partial charge in [-0.1, -0.05) is 36.4 Å². The number of rotatable bonds is 4. The standard InChI is InChI=1S/C13H17NO2/c1-10(13(15)16-2)8-12(14)9-11-6-4-3-5-7-11/h3-8,12H,9,14H2,1-2H3. The number of methoxy groups -OCH3 is 1. The van der Waals surface area contributed by atoms with E-state index >= 15 is 0 Å². The summed E-state index contributed by atoms with van der Waals surface area (Å²) in [5, 5.41) is 0. The highest BCUT2D eigenvalue weighted by atomic mass is 16.5. The Morgan fingerprint density at radius 1 is 1.44 bits per heavy atom. The van der Waals surface area contributed by atoms with Crippen LogP contribution in [0.3, 0.4) is 0 Å². The maximum Gasteiger partial charge on any atom is 0.333 e. The van der Waals surface area contributed by atoms with Crippen molar-refractivity contribution in [1.29, 1.82) is 0 Å². The number of hydrogen-bond acceptors (Lipinski definition) is 3. The van der Waals surface area contributed by atoms with Gasteiger partial charge in [0.05, 0.1) is 7.11 Å². The lowest BCUT2D eigenvalue weighted by Gasteiger charge is -2.08. The predicted molar refractivity (Wildman–Crippen MR) is 63.9 cm³/mol. The van der Waals surface area contributed by atoms with E-state index in [0.717, 1.165) is 12.0 Å². The largest absolute Gasteiger partial charge is 0.466 e. The fourth-order valence-corrected chi connectivity index (χ4v) is 1.50. The number of carbonyl (C=O) groups excluding carboxylic acids is 1. The van der Waals surface area contributed by atoms with Gasteiger partial charge in [-0.3, -0.25) is 0 Å². The van der Waals surface area contributed by atoms with E-state index in [2.05, 4.69) is 4.74 Å². The first kappa shape index (κ1) is 12.5. The average Bonchev–Trinajstić information content (AvgIpc) is 2.29.